The highest BCUT2D eigenvalue weighted by atomic mass is 16.4. The van der Waals surface area contributed by atoms with Crippen LogP contribution in [0.1, 0.15) is 43.3 Å². The first-order valence-electron chi connectivity index (χ1n) is 7.55. The molecule has 0 aliphatic carbocycles. The summed E-state index contributed by atoms with van der Waals surface area (Å²) in [6, 6.07) is 9.08. The fourth-order valence-corrected chi connectivity index (χ4v) is 2.11. The predicted molar refractivity (Wildman–Crippen MR) is 84.4 cm³/mol. The SMILES string of the molecule is CCCNC(C)c1nnc(NCCc2cccc(C)c2)o1. The Hall–Kier alpha value is -1.88. The molecule has 5 heteroatoms. The third-order valence-corrected chi connectivity index (χ3v) is 3.28. The van der Waals surface area contributed by atoms with Gasteiger partial charge in [0, 0.05) is 6.54 Å². The Morgan fingerprint density at radius 1 is 1.24 bits per heavy atom. The second-order valence-corrected chi connectivity index (χ2v) is 5.29. The molecule has 2 rings (SSSR count). The molecular formula is C16H24N4O. The molecule has 1 atom stereocenters. The zero-order valence-electron chi connectivity index (χ0n) is 13.0. The Bertz CT molecular complexity index is 553. The normalized spacial score (nSPS) is 12.3. The number of aromatic nitrogens is 2. The van der Waals surface area contributed by atoms with Crippen molar-refractivity contribution in [1.82, 2.24) is 15.5 Å². The van der Waals surface area contributed by atoms with Crippen molar-refractivity contribution in [1.29, 1.82) is 0 Å². The van der Waals surface area contributed by atoms with Crippen molar-refractivity contribution in [2.45, 2.75) is 39.7 Å². The molecule has 1 heterocycles. The van der Waals surface area contributed by atoms with E-state index in [0.717, 1.165) is 25.9 Å². The van der Waals surface area contributed by atoms with E-state index in [2.05, 4.69) is 58.9 Å². The van der Waals surface area contributed by atoms with Crippen molar-refractivity contribution in [2.75, 3.05) is 18.4 Å². The molecule has 0 bridgehead atoms. The van der Waals surface area contributed by atoms with Gasteiger partial charge in [-0.1, -0.05) is 41.9 Å². The number of aryl methyl sites for hydroxylation is 1. The predicted octanol–water partition coefficient (Wildman–Crippen LogP) is 3.09. The van der Waals surface area contributed by atoms with Crippen molar-refractivity contribution >= 4 is 6.01 Å². The van der Waals surface area contributed by atoms with E-state index in [9.17, 15) is 0 Å². The third-order valence-electron chi connectivity index (χ3n) is 3.28. The van der Waals surface area contributed by atoms with Gasteiger partial charge in [0.25, 0.3) is 0 Å². The lowest BCUT2D eigenvalue weighted by atomic mass is 10.1. The molecule has 1 unspecified atom stereocenters. The van der Waals surface area contributed by atoms with E-state index in [1.807, 2.05) is 6.92 Å². The number of nitrogens with one attached hydrogen (secondary N) is 2. The van der Waals surface area contributed by atoms with E-state index < -0.39 is 0 Å². The van der Waals surface area contributed by atoms with Gasteiger partial charge < -0.3 is 15.1 Å². The van der Waals surface area contributed by atoms with Gasteiger partial charge in [-0.05, 0) is 38.8 Å². The van der Waals surface area contributed by atoms with Crippen LogP contribution in [0.25, 0.3) is 0 Å². The molecule has 114 valence electrons. The average molecular weight is 288 g/mol. The summed E-state index contributed by atoms with van der Waals surface area (Å²) in [4.78, 5) is 0. The summed E-state index contributed by atoms with van der Waals surface area (Å²) in [5.74, 6) is 0.626. The van der Waals surface area contributed by atoms with Gasteiger partial charge in [-0.15, -0.1) is 5.10 Å². The minimum Gasteiger partial charge on any atom is -0.406 e. The Labute approximate surface area is 126 Å². The lowest BCUT2D eigenvalue weighted by molar-refractivity contribution is 0.423. The maximum atomic E-state index is 5.61. The summed E-state index contributed by atoms with van der Waals surface area (Å²) in [5, 5.41) is 14.6. The second-order valence-electron chi connectivity index (χ2n) is 5.29. The van der Waals surface area contributed by atoms with Crippen molar-refractivity contribution in [3.05, 3.63) is 41.3 Å². The van der Waals surface area contributed by atoms with Crippen molar-refractivity contribution in [3.8, 4) is 0 Å². The first kappa shape index (κ1) is 15.5. The standard InChI is InChI=1S/C16H24N4O/c1-4-9-17-13(3)15-19-20-16(21-15)18-10-8-14-7-5-6-12(2)11-14/h5-7,11,13,17H,4,8-10H2,1-3H3,(H,18,20). The molecule has 1 aromatic heterocycles. The van der Waals surface area contributed by atoms with Crippen LogP contribution in [0.2, 0.25) is 0 Å². The smallest absolute Gasteiger partial charge is 0.315 e. The molecule has 0 fully saturated rings. The van der Waals surface area contributed by atoms with Crippen LogP contribution in [0, 0.1) is 6.92 Å². The molecule has 1 aromatic carbocycles. The zero-order chi connectivity index (χ0) is 15.1. The van der Waals surface area contributed by atoms with Crippen LogP contribution in [0.5, 0.6) is 0 Å². The van der Waals surface area contributed by atoms with Gasteiger partial charge >= 0.3 is 6.01 Å². The molecule has 0 spiro atoms. The molecule has 0 amide bonds. The van der Waals surface area contributed by atoms with E-state index >= 15 is 0 Å². The van der Waals surface area contributed by atoms with Gasteiger partial charge in [0.1, 0.15) is 0 Å². The van der Waals surface area contributed by atoms with Crippen LogP contribution in [0.3, 0.4) is 0 Å². The first-order valence-corrected chi connectivity index (χ1v) is 7.55. The van der Waals surface area contributed by atoms with Gasteiger partial charge in [0.15, 0.2) is 0 Å². The summed E-state index contributed by atoms with van der Waals surface area (Å²) < 4.78 is 5.61. The summed E-state index contributed by atoms with van der Waals surface area (Å²) in [6.07, 6.45) is 2.02. The Kier molecular flexibility index (Phi) is 5.75. The van der Waals surface area contributed by atoms with Crippen LogP contribution >= 0.6 is 0 Å². The fraction of sp³-hybridized carbons (Fsp3) is 0.500. The number of benzene rings is 1. The van der Waals surface area contributed by atoms with E-state index in [-0.39, 0.29) is 6.04 Å². The lowest BCUT2D eigenvalue weighted by Crippen LogP contribution is -2.19. The van der Waals surface area contributed by atoms with Gasteiger partial charge in [-0.25, -0.2) is 0 Å². The molecular weight excluding hydrogens is 264 g/mol. The highest BCUT2D eigenvalue weighted by Crippen LogP contribution is 2.13. The molecule has 21 heavy (non-hydrogen) atoms. The largest absolute Gasteiger partial charge is 0.406 e. The van der Waals surface area contributed by atoms with Crippen molar-refractivity contribution in [3.63, 3.8) is 0 Å². The van der Waals surface area contributed by atoms with Crippen molar-refractivity contribution < 1.29 is 4.42 Å². The zero-order valence-corrected chi connectivity index (χ0v) is 13.0. The number of rotatable bonds is 8. The highest BCUT2D eigenvalue weighted by Gasteiger charge is 2.12. The topological polar surface area (TPSA) is 63.0 Å². The molecule has 0 saturated carbocycles. The summed E-state index contributed by atoms with van der Waals surface area (Å²) in [6.45, 7) is 7.99. The summed E-state index contributed by atoms with van der Waals surface area (Å²) >= 11 is 0. The van der Waals surface area contributed by atoms with E-state index in [4.69, 9.17) is 4.42 Å². The first-order chi connectivity index (χ1) is 10.2. The molecule has 2 aromatic rings. The number of hydrogen-bond acceptors (Lipinski definition) is 5. The van der Waals surface area contributed by atoms with E-state index in [1.165, 1.54) is 11.1 Å². The Balaban J connectivity index is 1.80. The molecule has 0 aliphatic rings. The summed E-state index contributed by atoms with van der Waals surface area (Å²) in [5.41, 5.74) is 2.59. The fourth-order valence-electron chi connectivity index (χ4n) is 2.11. The molecule has 2 N–H and O–H groups in total. The highest BCUT2D eigenvalue weighted by molar-refractivity contribution is 5.24. The quantitative estimate of drug-likeness (QED) is 0.781. The van der Waals surface area contributed by atoms with Gasteiger partial charge in [-0.3, -0.25) is 0 Å². The third kappa shape index (κ3) is 4.86. The van der Waals surface area contributed by atoms with Crippen LogP contribution < -0.4 is 10.6 Å². The molecule has 0 aliphatic heterocycles. The van der Waals surface area contributed by atoms with Gasteiger partial charge in [-0.2, -0.15) is 0 Å². The number of hydrogen-bond donors (Lipinski definition) is 2. The Morgan fingerprint density at radius 2 is 2.10 bits per heavy atom. The van der Waals surface area contributed by atoms with Gasteiger partial charge in [0.05, 0.1) is 6.04 Å². The lowest BCUT2D eigenvalue weighted by Gasteiger charge is -2.07. The van der Waals surface area contributed by atoms with Gasteiger partial charge in [0.2, 0.25) is 5.89 Å². The maximum Gasteiger partial charge on any atom is 0.315 e. The Morgan fingerprint density at radius 3 is 2.86 bits per heavy atom. The maximum absolute atomic E-state index is 5.61. The number of anilines is 1. The van der Waals surface area contributed by atoms with Crippen molar-refractivity contribution in [2.24, 2.45) is 0 Å². The van der Waals surface area contributed by atoms with Crippen LogP contribution in [0.4, 0.5) is 6.01 Å². The molecule has 0 radical (unpaired) electrons. The minimum atomic E-state index is 0.0878. The second kappa shape index (κ2) is 7.78. The van der Waals surface area contributed by atoms with Crippen LogP contribution in [0.15, 0.2) is 28.7 Å². The van der Waals surface area contributed by atoms with E-state index in [0.29, 0.717) is 11.9 Å². The summed E-state index contributed by atoms with van der Waals surface area (Å²) in [7, 11) is 0. The monoisotopic (exact) mass is 288 g/mol. The van der Waals surface area contributed by atoms with Crippen LogP contribution in [-0.2, 0) is 6.42 Å². The molecule has 0 saturated heterocycles. The van der Waals surface area contributed by atoms with E-state index in [1.54, 1.807) is 0 Å². The average Bonchev–Trinajstić information content (AvgIpc) is 2.94. The minimum absolute atomic E-state index is 0.0878. The molecule has 5 nitrogen and oxygen atoms in total. The number of nitrogens with zero attached hydrogens (tertiary/aromatic N) is 2. The van der Waals surface area contributed by atoms with Crippen LogP contribution in [-0.4, -0.2) is 23.3 Å².